The molecular weight excluding hydrogens is 723 g/mol. The smallest absolute Gasteiger partial charge is 0.0618 e. The molecule has 0 unspecified atom stereocenters. The molecule has 0 bridgehead atoms. The molecule has 0 aromatic heterocycles. The number of hydrogen-bond acceptors (Lipinski definition) is 1. The third kappa shape index (κ3) is 5.45. The fourth-order valence-electron chi connectivity index (χ4n) is 10.4. The van der Waals surface area contributed by atoms with Gasteiger partial charge in [-0.2, -0.15) is 0 Å². The molecule has 0 spiro atoms. The van der Waals surface area contributed by atoms with Crippen molar-refractivity contribution in [2.45, 2.75) is 58.8 Å². The van der Waals surface area contributed by atoms with Gasteiger partial charge in [0.15, 0.2) is 0 Å². The number of fused-ring (bicyclic) bond motifs is 11. The number of rotatable bonds is 6. The summed E-state index contributed by atoms with van der Waals surface area (Å²) >= 11 is 0. The highest BCUT2D eigenvalue weighted by Crippen LogP contribution is 2.54. The Balaban J connectivity index is 1.16. The van der Waals surface area contributed by atoms with E-state index in [0.717, 1.165) is 11.4 Å². The molecule has 0 saturated heterocycles. The number of nitrogens with zero attached hydrogens (tertiary/aromatic N) is 1. The lowest BCUT2D eigenvalue weighted by molar-refractivity contribution is 0.661. The molecule has 0 aliphatic heterocycles. The van der Waals surface area contributed by atoms with Crippen LogP contribution in [0.5, 0.6) is 0 Å². The van der Waals surface area contributed by atoms with Gasteiger partial charge < -0.3 is 4.90 Å². The van der Waals surface area contributed by atoms with Gasteiger partial charge in [-0.1, -0.05) is 175 Å². The second-order valence-electron chi connectivity index (χ2n) is 18.1. The maximum Gasteiger partial charge on any atom is 0.0618 e. The van der Waals surface area contributed by atoms with Crippen molar-refractivity contribution in [2.24, 2.45) is 0 Å². The molecular formula is C59H49N. The molecule has 10 aromatic carbocycles. The summed E-state index contributed by atoms with van der Waals surface area (Å²) in [6.45, 7) is 13.9. The summed E-state index contributed by atoms with van der Waals surface area (Å²) < 4.78 is 0. The van der Waals surface area contributed by atoms with Crippen molar-refractivity contribution in [3.05, 3.63) is 198 Å². The number of hydrogen-bond donors (Lipinski definition) is 0. The highest BCUT2D eigenvalue weighted by molar-refractivity contribution is 6.26. The Morgan fingerprint density at radius 3 is 1.23 bits per heavy atom. The third-order valence-electron chi connectivity index (χ3n) is 13.6. The molecule has 1 aliphatic carbocycles. The average molecular weight is 772 g/mol. The average Bonchev–Trinajstić information content (AvgIpc) is 3.50. The van der Waals surface area contributed by atoms with Gasteiger partial charge in [-0.05, 0) is 142 Å². The van der Waals surface area contributed by atoms with Crippen LogP contribution in [0.2, 0.25) is 0 Å². The topological polar surface area (TPSA) is 3.24 Å². The lowest BCUT2D eigenvalue weighted by Crippen LogP contribution is -2.14. The van der Waals surface area contributed by atoms with E-state index < -0.39 is 0 Å². The monoisotopic (exact) mass is 771 g/mol. The van der Waals surface area contributed by atoms with Gasteiger partial charge in [0.1, 0.15) is 0 Å². The van der Waals surface area contributed by atoms with Crippen LogP contribution in [0.15, 0.2) is 176 Å². The second kappa shape index (κ2) is 13.7. The van der Waals surface area contributed by atoms with Crippen LogP contribution in [0.3, 0.4) is 0 Å². The van der Waals surface area contributed by atoms with E-state index in [4.69, 9.17) is 0 Å². The first-order valence-electron chi connectivity index (χ1n) is 21.7. The predicted molar refractivity (Wildman–Crippen MR) is 260 cm³/mol. The minimum atomic E-state index is -0.144. The van der Waals surface area contributed by atoms with E-state index >= 15 is 0 Å². The van der Waals surface area contributed by atoms with Gasteiger partial charge in [0.05, 0.1) is 5.69 Å². The first kappa shape index (κ1) is 36.4. The van der Waals surface area contributed by atoms with Crippen molar-refractivity contribution < 1.29 is 0 Å². The van der Waals surface area contributed by atoms with Gasteiger partial charge in [0, 0.05) is 27.6 Å². The standard InChI is InChI=1S/C59H49N/c1-36(2)38-23-28-41(29-24-38)60(42-30-25-39(26-31-42)37(3)4)58-49-21-13-11-19-47(49)57(48-20-12-14-22-50(48)58)40-27-32-55-53(33-40)54-34-51-45-17-9-7-15-43(45)44-16-8-10-18-46(44)52(51)35-56(54)59(55,5)6/h7-37H,1-6H3. The first-order chi connectivity index (χ1) is 29.2. The maximum atomic E-state index is 2.51. The quantitative estimate of drug-likeness (QED) is 0.120. The Morgan fingerprint density at radius 2 is 0.767 bits per heavy atom. The van der Waals surface area contributed by atoms with E-state index in [2.05, 4.69) is 222 Å². The van der Waals surface area contributed by atoms with E-state index in [1.807, 2.05) is 0 Å². The molecule has 11 rings (SSSR count). The molecule has 1 heteroatoms. The van der Waals surface area contributed by atoms with E-state index in [9.17, 15) is 0 Å². The van der Waals surface area contributed by atoms with Gasteiger partial charge in [0.2, 0.25) is 0 Å². The van der Waals surface area contributed by atoms with Crippen LogP contribution in [0.1, 0.15) is 75.6 Å². The Hall–Kier alpha value is -6.70. The largest absolute Gasteiger partial charge is 0.309 e. The van der Waals surface area contributed by atoms with E-state index in [1.54, 1.807) is 0 Å². The van der Waals surface area contributed by atoms with Crippen molar-refractivity contribution in [1.29, 1.82) is 0 Å². The van der Waals surface area contributed by atoms with Gasteiger partial charge in [-0.15, -0.1) is 0 Å². The first-order valence-corrected chi connectivity index (χ1v) is 21.7. The van der Waals surface area contributed by atoms with Crippen molar-refractivity contribution in [3.63, 3.8) is 0 Å². The van der Waals surface area contributed by atoms with Gasteiger partial charge in [0.25, 0.3) is 0 Å². The van der Waals surface area contributed by atoms with Crippen LogP contribution in [0.25, 0.3) is 76.1 Å². The van der Waals surface area contributed by atoms with Crippen molar-refractivity contribution >= 4 is 70.9 Å². The molecule has 1 nitrogen and oxygen atoms in total. The molecule has 1 aliphatic rings. The van der Waals surface area contributed by atoms with Crippen molar-refractivity contribution in [3.8, 4) is 22.3 Å². The lowest BCUT2D eigenvalue weighted by atomic mass is 9.80. The summed E-state index contributed by atoms with van der Waals surface area (Å²) in [5.41, 5.74) is 14.0. The Labute approximate surface area is 353 Å². The molecule has 290 valence electrons. The minimum absolute atomic E-state index is 0.144. The van der Waals surface area contributed by atoms with E-state index in [1.165, 1.54) is 104 Å². The van der Waals surface area contributed by atoms with Crippen LogP contribution in [0, 0.1) is 0 Å². The zero-order chi connectivity index (χ0) is 40.9. The summed E-state index contributed by atoms with van der Waals surface area (Å²) in [5, 5.41) is 12.9. The number of anilines is 3. The van der Waals surface area contributed by atoms with E-state index in [-0.39, 0.29) is 5.41 Å². The lowest BCUT2D eigenvalue weighted by Gasteiger charge is -2.30. The van der Waals surface area contributed by atoms with Crippen LogP contribution >= 0.6 is 0 Å². The SMILES string of the molecule is CC(C)c1ccc(N(c2ccc(C(C)C)cc2)c2c3ccccc3c(-c3ccc4c(c3)-c3cc5c6ccccc6c6ccccc6c5cc3C4(C)C)c3ccccc23)cc1. The fourth-order valence-corrected chi connectivity index (χ4v) is 10.4. The zero-order valence-electron chi connectivity index (χ0n) is 35.3. The minimum Gasteiger partial charge on any atom is -0.309 e. The molecule has 0 atom stereocenters. The van der Waals surface area contributed by atoms with Crippen LogP contribution < -0.4 is 4.90 Å². The highest BCUT2D eigenvalue weighted by Gasteiger charge is 2.36. The Bertz CT molecular complexity index is 3220. The molecule has 0 fully saturated rings. The van der Waals surface area contributed by atoms with Gasteiger partial charge in [-0.25, -0.2) is 0 Å². The Kier molecular flexibility index (Phi) is 8.30. The summed E-state index contributed by atoms with van der Waals surface area (Å²) in [6.07, 6.45) is 0. The number of benzene rings is 10. The Morgan fingerprint density at radius 1 is 0.367 bits per heavy atom. The second-order valence-corrected chi connectivity index (χ2v) is 18.1. The molecule has 0 radical (unpaired) electrons. The summed E-state index contributed by atoms with van der Waals surface area (Å²) in [4.78, 5) is 2.49. The highest BCUT2D eigenvalue weighted by atomic mass is 15.1. The molecule has 0 saturated carbocycles. The molecule has 0 N–H and O–H groups in total. The fraction of sp³-hybridized carbons (Fsp3) is 0.153. The third-order valence-corrected chi connectivity index (χ3v) is 13.6. The van der Waals surface area contributed by atoms with Crippen LogP contribution in [-0.2, 0) is 5.41 Å². The van der Waals surface area contributed by atoms with Gasteiger partial charge in [-0.3, -0.25) is 0 Å². The van der Waals surface area contributed by atoms with Crippen molar-refractivity contribution in [2.75, 3.05) is 4.90 Å². The van der Waals surface area contributed by atoms with Crippen molar-refractivity contribution in [1.82, 2.24) is 0 Å². The molecule has 10 aromatic rings. The predicted octanol–water partition coefficient (Wildman–Crippen LogP) is 17.1. The summed E-state index contributed by atoms with van der Waals surface area (Å²) in [6, 6.07) is 66.7. The molecule has 0 heterocycles. The van der Waals surface area contributed by atoms with Crippen LogP contribution in [-0.4, -0.2) is 0 Å². The van der Waals surface area contributed by atoms with Crippen LogP contribution in [0.4, 0.5) is 17.1 Å². The maximum absolute atomic E-state index is 2.51. The normalized spacial score (nSPS) is 13.3. The summed E-state index contributed by atoms with van der Waals surface area (Å²) in [7, 11) is 0. The molecule has 0 amide bonds. The zero-order valence-corrected chi connectivity index (χ0v) is 35.3. The molecule has 60 heavy (non-hydrogen) atoms. The summed E-state index contributed by atoms with van der Waals surface area (Å²) in [5.74, 6) is 0.920. The van der Waals surface area contributed by atoms with E-state index in [0.29, 0.717) is 11.8 Å². The van der Waals surface area contributed by atoms with Gasteiger partial charge >= 0.3 is 0 Å².